The number of aliphatic hydroxyl groups is 6. The SMILES string of the molecule is COc1cc([C@H]2Oc3c(OC)cc(/C=C/CO)cc3[C@H]2CO)ccc1OC1OC(CO)C(O)C(O)C1O. The van der Waals surface area contributed by atoms with Gasteiger partial charge in [0.1, 0.15) is 30.5 Å². The average Bonchev–Trinajstić information content (AvgIpc) is 3.30. The maximum atomic E-state index is 10.3. The van der Waals surface area contributed by atoms with Crippen molar-refractivity contribution in [1.82, 2.24) is 0 Å². The zero-order valence-corrected chi connectivity index (χ0v) is 20.4. The molecule has 2 aliphatic rings. The minimum absolute atomic E-state index is 0.112. The van der Waals surface area contributed by atoms with Gasteiger partial charge in [-0.25, -0.2) is 0 Å². The number of ether oxygens (including phenoxy) is 5. The van der Waals surface area contributed by atoms with Gasteiger partial charge in [0.2, 0.25) is 6.29 Å². The lowest BCUT2D eigenvalue weighted by molar-refractivity contribution is -0.277. The molecule has 0 radical (unpaired) electrons. The van der Waals surface area contributed by atoms with E-state index in [-0.39, 0.29) is 24.7 Å². The second kappa shape index (κ2) is 11.7. The summed E-state index contributed by atoms with van der Waals surface area (Å²) in [5, 5.41) is 59.1. The van der Waals surface area contributed by atoms with Gasteiger partial charge in [-0.1, -0.05) is 18.2 Å². The van der Waals surface area contributed by atoms with E-state index in [9.17, 15) is 25.5 Å². The highest BCUT2D eigenvalue weighted by Gasteiger charge is 2.45. The molecule has 0 aliphatic carbocycles. The van der Waals surface area contributed by atoms with Crippen molar-refractivity contribution in [2.45, 2.75) is 42.7 Å². The van der Waals surface area contributed by atoms with Crippen molar-refractivity contribution in [3.63, 3.8) is 0 Å². The molecular formula is C26H32O11. The number of benzene rings is 2. The second-order valence-corrected chi connectivity index (χ2v) is 8.78. The number of hydrogen-bond acceptors (Lipinski definition) is 11. The van der Waals surface area contributed by atoms with Crippen LogP contribution in [0.15, 0.2) is 36.4 Å². The van der Waals surface area contributed by atoms with Crippen LogP contribution in [0.1, 0.15) is 28.7 Å². The van der Waals surface area contributed by atoms with E-state index in [1.54, 1.807) is 36.4 Å². The minimum Gasteiger partial charge on any atom is -0.493 e. The Balaban J connectivity index is 1.61. The predicted molar refractivity (Wildman–Crippen MR) is 130 cm³/mol. The molecule has 4 rings (SSSR count). The highest BCUT2D eigenvalue weighted by molar-refractivity contribution is 5.62. The fourth-order valence-corrected chi connectivity index (χ4v) is 4.60. The Morgan fingerprint density at radius 3 is 2.27 bits per heavy atom. The third-order valence-corrected chi connectivity index (χ3v) is 6.56. The number of methoxy groups -OCH3 is 2. The third-order valence-electron chi connectivity index (χ3n) is 6.56. The molecule has 1 saturated heterocycles. The van der Waals surface area contributed by atoms with Crippen LogP contribution in [-0.4, -0.2) is 95.4 Å². The molecule has 37 heavy (non-hydrogen) atoms. The Morgan fingerprint density at radius 2 is 1.62 bits per heavy atom. The Kier molecular flexibility index (Phi) is 8.55. The van der Waals surface area contributed by atoms with E-state index in [2.05, 4.69) is 0 Å². The summed E-state index contributed by atoms with van der Waals surface area (Å²) < 4.78 is 28.4. The van der Waals surface area contributed by atoms with Gasteiger partial charge in [-0.15, -0.1) is 0 Å². The molecule has 6 N–H and O–H groups in total. The molecule has 0 bridgehead atoms. The molecular weight excluding hydrogens is 488 g/mol. The quantitative estimate of drug-likeness (QED) is 0.265. The molecule has 0 aromatic heterocycles. The first kappa shape index (κ1) is 27.1. The molecule has 7 atom stereocenters. The summed E-state index contributed by atoms with van der Waals surface area (Å²) >= 11 is 0. The van der Waals surface area contributed by atoms with E-state index in [1.165, 1.54) is 14.2 Å². The average molecular weight is 521 g/mol. The van der Waals surface area contributed by atoms with Gasteiger partial charge in [0.25, 0.3) is 0 Å². The van der Waals surface area contributed by atoms with Crippen LogP contribution < -0.4 is 18.9 Å². The summed E-state index contributed by atoms with van der Waals surface area (Å²) in [5.41, 5.74) is 2.21. The Bertz CT molecular complexity index is 1100. The van der Waals surface area contributed by atoms with E-state index >= 15 is 0 Å². The summed E-state index contributed by atoms with van der Waals surface area (Å²) in [6.45, 7) is -0.900. The first-order chi connectivity index (χ1) is 17.9. The van der Waals surface area contributed by atoms with Crippen LogP contribution in [0.4, 0.5) is 0 Å². The second-order valence-electron chi connectivity index (χ2n) is 8.78. The molecule has 2 heterocycles. The highest BCUT2D eigenvalue weighted by atomic mass is 16.7. The van der Waals surface area contributed by atoms with Crippen molar-refractivity contribution in [2.24, 2.45) is 0 Å². The van der Waals surface area contributed by atoms with Crippen LogP contribution in [0.2, 0.25) is 0 Å². The van der Waals surface area contributed by atoms with Gasteiger partial charge in [0.15, 0.2) is 23.0 Å². The molecule has 2 aromatic carbocycles. The van der Waals surface area contributed by atoms with Crippen molar-refractivity contribution < 1.29 is 54.3 Å². The fourth-order valence-electron chi connectivity index (χ4n) is 4.60. The van der Waals surface area contributed by atoms with E-state index < -0.39 is 49.3 Å². The third kappa shape index (κ3) is 5.25. The smallest absolute Gasteiger partial charge is 0.229 e. The summed E-state index contributed by atoms with van der Waals surface area (Å²) in [6, 6.07) is 8.60. The van der Waals surface area contributed by atoms with Gasteiger partial charge in [0, 0.05) is 5.56 Å². The standard InChI is InChI=1S/C26H32O11/c1-33-18-10-14(5-6-17(18)35-26-23(32)22(31)21(30)20(12-29)36-26)24-16(11-28)15-8-13(4-3-7-27)9-19(34-2)25(15)37-24/h3-6,8-10,16,20-24,26-32H,7,11-12H2,1-2H3/b4-3+/t16-,20?,21?,22?,23?,24-,26?/m1/s1. The summed E-state index contributed by atoms with van der Waals surface area (Å²) in [5.74, 6) is 1.03. The zero-order chi connectivity index (χ0) is 26.7. The van der Waals surface area contributed by atoms with Crippen LogP contribution in [0, 0.1) is 0 Å². The first-order valence-electron chi connectivity index (χ1n) is 11.8. The number of aliphatic hydroxyl groups excluding tert-OH is 6. The van der Waals surface area contributed by atoms with Gasteiger partial charge in [0.05, 0.1) is 40.0 Å². The monoisotopic (exact) mass is 520 g/mol. The number of hydrogen-bond donors (Lipinski definition) is 6. The van der Waals surface area contributed by atoms with E-state index in [4.69, 9.17) is 28.8 Å². The molecule has 2 aliphatic heterocycles. The number of fused-ring (bicyclic) bond motifs is 1. The van der Waals surface area contributed by atoms with Crippen molar-refractivity contribution in [2.75, 3.05) is 34.0 Å². The molecule has 11 nitrogen and oxygen atoms in total. The van der Waals surface area contributed by atoms with Gasteiger partial charge >= 0.3 is 0 Å². The molecule has 1 fully saturated rings. The minimum atomic E-state index is -1.58. The molecule has 0 saturated carbocycles. The summed E-state index contributed by atoms with van der Waals surface area (Å²) in [4.78, 5) is 0. The van der Waals surface area contributed by atoms with Crippen molar-refractivity contribution in [1.29, 1.82) is 0 Å². The van der Waals surface area contributed by atoms with Gasteiger partial charge < -0.3 is 54.3 Å². The molecule has 2 aromatic rings. The van der Waals surface area contributed by atoms with Crippen LogP contribution >= 0.6 is 0 Å². The number of rotatable bonds is 9. The van der Waals surface area contributed by atoms with Gasteiger partial charge in [-0.3, -0.25) is 0 Å². The molecule has 5 unspecified atom stereocenters. The van der Waals surface area contributed by atoms with Crippen molar-refractivity contribution in [3.8, 4) is 23.0 Å². The van der Waals surface area contributed by atoms with Crippen LogP contribution in [0.25, 0.3) is 6.08 Å². The lowest BCUT2D eigenvalue weighted by Crippen LogP contribution is -2.60. The molecule has 0 amide bonds. The van der Waals surface area contributed by atoms with E-state index in [1.807, 2.05) is 6.07 Å². The molecule has 202 valence electrons. The van der Waals surface area contributed by atoms with Crippen LogP contribution in [-0.2, 0) is 4.74 Å². The topological polar surface area (TPSA) is 168 Å². The van der Waals surface area contributed by atoms with Crippen LogP contribution in [0.3, 0.4) is 0 Å². The lowest BCUT2D eigenvalue weighted by atomic mass is 9.90. The van der Waals surface area contributed by atoms with E-state index in [0.717, 1.165) is 11.1 Å². The van der Waals surface area contributed by atoms with Gasteiger partial charge in [-0.2, -0.15) is 0 Å². The molecule has 11 heteroatoms. The van der Waals surface area contributed by atoms with Gasteiger partial charge in [-0.05, 0) is 35.4 Å². The Labute approximate surface area is 213 Å². The summed E-state index contributed by atoms with van der Waals surface area (Å²) in [6.07, 6.45) is -4.38. The maximum absolute atomic E-state index is 10.3. The summed E-state index contributed by atoms with van der Waals surface area (Å²) in [7, 11) is 2.95. The Hall–Kier alpha value is -2.90. The highest BCUT2D eigenvalue weighted by Crippen LogP contribution is 2.51. The fraction of sp³-hybridized carbons (Fsp3) is 0.462. The normalized spacial score (nSPS) is 29.1. The Morgan fingerprint density at radius 1 is 0.865 bits per heavy atom. The first-order valence-corrected chi connectivity index (χ1v) is 11.8. The maximum Gasteiger partial charge on any atom is 0.229 e. The largest absolute Gasteiger partial charge is 0.493 e. The van der Waals surface area contributed by atoms with E-state index in [0.29, 0.717) is 17.1 Å². The molecule has 0 spiro atoms. The zero-order valence-electron chi connectivity index (χ0n) is 20.4. The lowest BCUT2D eigenvalue weighted by Gasteiger charge is -2.39. The van der Waals surface area contributed by atoms with Crippen molar-refractivity contribution in [3.05, 3.63) is 53.1 Å². The van der Waals surface area contributed by atoms with Crippen molar-refractivity contribution >= 4 is 6.08 Å². The van der Waals surface area contributed by atoms with Crippen LogP contribution in [0.5, 0.6) is 23.0 Å². The predicted octanol–water partition coefficient (Wildman–Crippen LogP) is 0.0976.